The van der Waals surface area contributed by atoms with Gasteiger partial charge in [-0.15, -0.1) is 0 Å². The van der Waals surface area contributed by atoms with Crippen LogP contribution < -0.4 is 9.62 Å². The maximum absolute atomic E-state index is 13.4. The molecule has 0 aliphatic heterocycles. The number of carbonyl (C=O) groups is 1. The van der Waals surface area contributed by atoms with E-state index in [0.717, 1.165) is 26.6 Å². The van der Waals surface area contributed by atoms with E-state index in [1.165, 1.54) is 12.1 Å². The van der Waals surface area contributed by atoms with Gasteiger partial charge in [0.25, 0.3) is 10.0 Å². The van der Waals surface area contributed by atoms with E-state index >= 15 is 0 Å². The first-order valence-corrected chi connectivity index (χ1v) is 11.7. The molecular formula is C24H25ClN2O3S. The molecule has 0 spiro atoms. The summed E-state index contributed by atoms with van der Waals surface area (Å²) in [5.41, 5.74) is 4.13. The number of rotatable bonds is 7. The first-order valence-electron chi connectivity index (χ1n) is 9.84. The van der Waals surface area contributed by atoms with Crippen LogP contribution in [0.5, 0.6) is 0 Å². The first kappa shape index (κ1) is 22.8. The second kappa shape index (κ2) is 9.54. The van der Waals surface area contributed by atoms with Crippen LogP contribution in [-0.2, 0) is 21.4 Å². The van der Waals surface area contributed by atoms with Crippen LogP contribution in [0.4, 0.5) is 5.69 Å². The number of hydrogen-bond acceptors (Lipinski definition) is 3. The second-order valence-corrected chi connectivity index (χ2v) is 9.79. The van der Waals surface area contributed by atoms with Crippen molar-refractivity contribution in [2.75, 3.05) is 10.8 Å². The molecular weight excluding hydrogens is 432 g/mol. The Labute approximate surface area is 188 Å². The van der Waals surface area contributed by atoms with Crippen LogP contribution in [0.2, 0.25) is 5.02 Å². The summed E-state index contributed by atoms with van der Waals surface area (Å²) < 4.78 is 27.9. The Hall–Kier alpha value is -2.83. The zero-order valence-electron chi connectivity index (χ0n) is 17.7. The smallest absolute Gasteiger partial charge is 0.264 e. The largest absolute Gasteiger partial charge is 0.350 e. The molecule has 0 heterocycles. The maximum Gasteiger partial charge on any atom is 0.264 e. The fourth-order valence-corrected chi connectivity index (χ4v) is 4.69. The van der Waals surface area contributed by atoms with E-state index < -0.39 is 15.9 Å². The number of nitrogens with one attached hydrogen (secondary N) is 1. The van der Waals surface area contributed by atoms with Gasteiger partial charge in [0.2, 0.25) is 5.91 Å². The minimum Gasteiger partial charge on any atom is -0.350 e. The lowest BCUT2D eigenvalue weighted by Crippen LogP contribution is -2.40. The summed E-state index contributed by atoms with van der Waals surface area (Å²) in [6.45, 7) is 5.64. The third kappa shape index (κ3) is 5.66. The van der Waals surface area contributed by atoms with Crippen LogP contribution in [0.25, 0.3) is 0 Å². The molecule has 0 saturated heterocycles. The summed E-state index contributed by atoms with van der Waals surface area (Å²) in [5.74, 6) is -0.408. The number of anilines is 1. The van der Waals surface area contributed by atoms with E-state index in [0.29, 0.717) is 17.3 Å². The van der Waals surface area contributed by atoms with Gasteiger partial charge in [0, 0.05) is 11.6 Å². The summed E-state index contributed by atoms with van der Waals surface area (Å²) in [5, 5.41) is 3.24. The number of benzene rings is 3. The SMILES string of the molecule is Cc1ccc(S(=O)(=O)N(CC(=O)NCc2cccc(C)c2)c2ccc(C)c(Cl)c2)cc1. The zero-order valence-corrected chi connectivity index (χ0v) is 19.3. The molecule has 0 atom stereocenters. The van der Waals surface area contributed by atoms with Crippen molar-refractivity contribution in [2.45, 2.75) is 32.2 Å². The minimum absolute atomic E-state index is 0.112. The summed E-state index contributed by atoms with van der Waals surface area (Å²) in [6, 6.07) is 19.3. The van der Waals surface area contributed by atoms with Crippen molar-refractivity contribution in [3.63, 3.8) is 0 Å². The second-order valence-electron chi connectivity index (χ2n) is 7.52. The molecule has 0 bridgehead atoms. The van der Waals surface area contributed by atoms with Crippen molar-refractivity contribution in [3.05, 3.63) is 94.0 Å². The van der Waals surface area contributed by atoms with E-state index in [9.17, 15) is 13.2 Å². The van der Waals surface area contributed by atoms with Gasteiger partial charge in [-0.1, -0.05) is 65.2 Å². The fourth-order valence-electron chi connectivity index (χ4n) is 3.10. The molecule has 0 aliphatic rings. The lowest BCUT2D eigenvalue weighted by molar-refractivity contribution is -0.119. The Bertz CT molecular complexity index is 1190. The summed E-state index contributed by atoms with van der Waals surface area (Å²) >= 11 is 6.25. The molecule has 5 nitrogen and oxygen atoms in total. The van der Waals surface area contributed by atoms with Crippen LogP contribution in [0, 0.1) is 20.8 Å². The zero-order chi connectivity index (χ0) is 22.6. The lowest BCUT2D eigenvalue weighted by atomic mass is 10.1. The first-order chi connectivity index (χ1) is 14.7. The van der Waals surface area contributed by atoms with Gasteiger partial charge in [-0.3, -0.25) is 9.10 Å². The van der Waals surface area contributed by atoms with Crippen LogP contribution in [0.3, 0.4) is 0 Å². The average molecular weight is 457 g/mol. The minimum atomic E-state index is -3.97. The van der Waals surface area contributed by atoms with E-state index in [4.69, 9.17) is 11.6 Å². The number of halogens is 1. The van der Waals surface area contributed by atoms with E-state index in [2.05, 4.69) is 5.32 Å². The normalized spacial score (nSPS) is 11.2. The highest BCUT2D eigenvalue weighted by molar-refractivity contribution is 7.92. The maximum atomic E-state index is 13.4. The number of aryl methyl sites for hydroxylation is 3. The highest BCUT2D eigenvalue weighted by atomic mass is 35.5. The number of sulfonamides is 1. The number of nitrogens with zero attached hydrogens (tertiary/aromatic N) is 1. The van der Waals surface area contributed by atoms with Crippen molar-refractivity contribution in [3.8, 4) is 0 Å². The molecule has 0 fully saturated rings. The van der Waals surface area contributed by atoms with Crippen molar-refractivity contribution < 1.29 is 13.2 Å². The van der Waals surface area contributed by atoms with Crippen molar-refractivity contribution in [1.29, 1.82) is 0 Å². The molecule has 162 valence electrons. The molecule has 1 N–H and O–H groups in total. The monoisotopic (exact) mass is 456 g/mol. The van der Waals surface area contributed by atoms with Gasteiger partial charge in [0.1, 0.15) is 6.54 Å². The standard InChI is InChI=1S/C24H25ClN2O3S/c1-17-7-11-22(12-8-17)31(29,30)27(21-10-9-19(3)23(25)14-21)16-24(28)26-15-20-6-4-5-18(2)13-20/h4-14H,15-16H2,1-3H3,(H,26,28). The number of carbonyl (C=O) groups excluding carboxylic acids is 1. The lowest BCUT2D eigenvalue weighted by Gasteiger charge is -2.24. The average Bonchev–Trinajstić information content (AvgIpc) is 2.73. The van der Waals surface area contributed by atoms with Gasteiger partial charge in [-0.2, -0.15) is 0 Å². The van der Waals surface area contributed by atoms with Crippen molar-refractivity contribution in [1.82, 2.24) is 5.32 Å². The summed E-state index contributed by atoms with van der Waals surface area (Å²) in [6.07, 6.45) is 0. The molecule has 31 heavy (non-hydrogen) atoms. The van der Waals surface area contributed by atoms with Gasteiger partial charge in [0.15, 0.2) is 0 Å². The van der Waals surface area contributed by atoms with Crippen LogP contribution in [-0.4, -0.2) is 20.9 Å². The molecule has 0 radical (unpaired) electrons. The molecule has 0 unspecified atom stereocenters. The van der Waals surface area contributed by atoms with Gasteiger partial charge >= 0.3 is 0 Å². The van der Waals surface area contributed by atoms with Crippen LogP contribution in [0.15, 0.2) is 71.6 Å². The molecule has 7 heteroatoms. The van der Waals surface area contributed by atoms with Gasteiger partial charge in [-0.25, -0.2) is 8.42 Å². The summed E-state index contributed by atoms with van der Waals surface area (Å²) in [7, 11) is -3.97. The van der Waals surface area contributed by atoms with Gasteiger partial charge in [0.05, 0.1) is 10.6 Å². The molecule has 3 aromatic carbocycles. The third-order valence-corrected chi connectivity index (χ3v) is 7.11. The fraction of sp³-hybridized carbons (Fsp3) is 0.208. The molecule has 0 saturated carbocycles. The number of amides is 1. The Balaban J connectivity index is 1.89. The van der Waals surface area contributed by atoms with Gasteiger partial charge in [-0.05, 0) is 56.2 Å². The third-order valence-electron chi connectivity index (χ3n) is 4.91. The summed E-state index contributed by atoms with van der Waals surface area (Å²) in [4.78, 5) is 12.8. The topological polar surface area (TPSA) is 66.5 Å². The Morgan fingerprint density at radius 3 is 2.29 bits per heavy atom. The predicted molar refractivity (Wildman–Crippen MR) is 125 cm³/mol. The highest BCUT2D eigenvalue weighted by Gasteiger charge is 2.27. The van der Waals surface area contributed by atoms with Crippen molar-refractivity contribution >= 4 is 33.2 Å². The molecule has 0 aliphatic carbocycles. The van der Waals surface area contributed by atoms with E-state index in [1.807, 2.05) is 45.0 Å². The Morgan fingerprint density at radius 1 is 0.935 bits per heavy atom. The predicted octanol–water partition coefficient (Wildman–Crippen LogP) is 4.78. The molecule has 1 amide bonds. The molecule has 0 aromatic heterocycles. The van der Waals surface area contributed by atoms with E-state index in [-0.39, 0.29) is 11.4 Å². The van der Waals surface area contributed by atoms with E-state index in [1.54, 1.807) is 30.3 Å². The quantitative estimate of drug-likeness (QED) is 0.556. The van der Waals surface area contributed by atoms with Crippen LogP contribution >= 0.6 is 11.6 Å². The highest BCUT2D eigenvalue weighted by Crippen LogP contribution is 2.28. The van der Waals surface area contributed by atoms with Crippen molar-refractivity contribution in [2.24, 2.45) is 0 Å². The Morgan fingerprint density at radius 2 is 1.65 bits per heavy atom. The van der Waals surface area contributed by atoms with Crippen LogP contribution in [0.1, 0.15) is 22.3 Å². The number of hydrogen-bond donors (Lipinski definition) is 1. The molecule has 3 rings (SSSR count). The molecule has 3 aromatic rings. The van der Waals surface area contributed by atoms with Gasteiger partial charge < -0.3 is 5.32 Å². The Kier molecular flexibility index (Phi) is 7.03.